The van der Waals surface area contributed by atoms with Crippen LogP contribution in [0.25, 0.3) is 0 Å². The Morgan fingerprint density at radius 1 is 1.07 bits per heavy atom. The van der Waals surface area contributed by atoms with Gasteiger partial charge < -0.3 is 14.2 Å². The van der Waals surface area contributed by atoms with Crippen molar-refractivity contribution >= 4 is 15.9 Å². The zero-order valence-electron chi connectivity index (χ0n) is 16.5. The van der Waals surface area contributed by atoms with E-state index < -0.39 is 15.9 Å². The monoisotopic (exact) mass is 432 g/mol. The van der Waals surface area contributed by atoms with E-state index in [1.165, 1.54) is 45.7 Å². The third kappa shape index (κ3) is 4.35. The highest BCUT2D eigenvalue weighted by Crippen LogP contribution is 2.32. The molecule has 1 amide bonds. The molecule has 11 heteroatoms. The number of nitrogens with one attached hydrogen (secondary N) is 1. The van der Waals surface area contributed by atoms with E-state index in [1.54, 1.807) is 29.2 Å². The van der Waals surface area contributed by atoms with Crippen molar-refractivity contribution in [2.45, 2.75) is 11.4 Å². The van der Waals surface area contributed by atoms with Crippen LogP contribution in [0.3, 0.4) is 0 Å². The van der Waals surface area contributed by atoms with Crippen LogP contribution in [0.15, 0.2) is 53.8 Å². The summed E-state index contributed by atoms with van der Waals surface area (Å²) in [7, 11) is -0.224. The van der Waals surface area contributed by atoms with E-state index in [9.17, 15) is 13.2 Å². The van der Waals surface area contributed by atoms with Gasteiger partial charge in [0.1, 0.15) is 22.9 Å². The number of benzene rings is 1. The summed E-state index contributed by atoms with van der Waals surface area (Å²) in [5.41, 5.74) is 0.542. The number of methoxy groups -OCH3 is 3. The molecule has 0 radical (unpaired) electrons. The van der Waals surface area contributed by atoms with Crippen molar-refractivity contribution in [2.24, 2.45) is 0 Å². The van der Waals surface area contributed by atoms with Gasteiger partial charge in [0.05, 0.1) is 27.9 Å². The van der Waals surface area contributed by atoms with Gasteiger partial charge in [0.2, 0.25) is 0 Å². The van der Waals surface area contributed by atoms with Crippen LogP contribution in [0.5, 0.6) is 17.2 Å². The average molecular weight is 432 g/mol. The molecule has 0 bridgehead atoms. The number of sulfonamides is 1. The number of ether oxygens (including phenoxy) is 3. The van der Waals surface area contributed by atoms with Gasteiger partial charge in [-0.3, -0.25) is 14.5 Å². The molecular formula is C19H20N4O6S. The molecule has 0 fully saturated rings. The van der Waals surface area contributed by atoms with Crippen LogP contribution in [-0.4, -0.2) is 50.4 Å². The second kappa shape index (κ2) is 8.82. The molecule has 3 aromatic rings. The summed E-state index contributed by atoms with van der Waals surface area (Å²) in [6, 6.07) is 7.62. The van der Waals surface area contributed by atoms with Gasteiger partial charge >= 0.3 is 0 Å². The van der Waals surface area contributed by atoms with Crippen LogP contribution in [0.1, 0.15) is 16.1 Å². The van der Waals surface area contributed by atoms with Crippen LogP contribution in [0.2, 0.25) is 0 Å². The second-order valence-corrected chi connectivity index (χ2v) is 7.63. The number of hydrogen-bond acceptors (Lipinski definition) is 8. The molecule has 2 heterocycles. The smallest absolute Gasteiger partial charge is 0.283 e. The lowest BCUT2D eigenvalue weighted by atomic mass is 10.2. The Morgan fingerprint density at radius 3 is 2.30 bits per heavy atom. The van der Waals surface area contributed by atoms with Crippen molar-refractivity contribution in [3.05, 3.63) is 60.2 Å². The summed E-state index contributed by atoms with van der Waals surface area (Å²) >= 11 is 0. The maximum atomic E-state index is 12.8. The summed E-state index contributed by atoms with van der Waals surface area (Å²) in [5.74, 6) is -0.477. The van der Waals surface area contributed by atoms with Gasteiger partial charge in [-0.1, -0.05) is 6.07 Å². The fourth-order valence-corrected chi connectivity index (χ4v) is 4.06. The Labute approximate surface area is 173 Å². The third-order valence-corrected chi connectivity index (χ3v) is 5.56. The molecule has 0 saturated heterocycles. The van der Waals surface area contributed by atoms with E-state index in [2.05, 4.69) is 10.1 Å². The molecule has 10 nitrogen and oxygen atoms in total. The van der Waals surface area contributed by atoms with Crippen LogP contribution >= 0.6 is 0 Å². The van der Waals surface area contributed by atoms with E-state index >= 15 is 0 Å². The lowest BCUT2D eigenvalue weighted by Gasteiger charge is -2.14. The van der Waals surface area contributed by atoms with Gasteiger partial charge in [0, 0.05) is 30.2 Å². The minimum absolute atomic E-state index is 0.0368. The predicted octanol–water partition coefficient (Wildman–Crippen LogP) is 1.47. The average Bonchev–Trinajstić information content (AvgIpc) is 3.26. The SMILES string of the molecule is COc1cc(C(=O)NS(=O)(=O)c2c(OC)cccc2OC)ncc1Cn1cccn1. The first kappa shape index (κ1) is 21.1. The van der Waals surface area contributed by atoms with Crippen molar-refractivity contribution in [1.29, 1.82) is 0 Å². The molecular weight excluding hydrogens is 412 g/mol. The standard InChI is InChI=1S/C19H20N4O6S/c1-27-15-6-4-7-16(28-2)18(15)30(25,26)22-19(24)14-10-17(29-3)13(11-20-14)12-23-9-5-8-21-23/h4-11H,12H2,1-3H3,(H,22,24). The molecule has 2 aromatic heterocycles. The van der Waals surface area contributed by atoms with Gasteiger partial charge in [-0.15, -0.1) is 0 Å². The summed E-state index contributed by atoms with van der Waals surface area (Å²) in [6.45, 7) is 0.377. The molecule has 0 aliphatic heterocycles. The summed E-state index contributed by atoms with van der Waals surface area (Å²) < 4.78 is 44.9. The fraction of sp³-hybridized carbons (Fsp3) is 0.211. The van der Waals surface area contributed by atoms with Gasteiger partial charge in [-0.05, 0) is 18.2 Å². The Hall–Kier alpha value is -3.60. The van der Waals surface area contributed by atoms with Crippen LogP contribution < -0.4 is 18.9 Å². The topological polar surface area (TPSA) is 122 Å². The maximum absolute atomic E-state index is 12.8. The summed E-state index contributed by atoms with van der Waals surface area (Å²) in [6.07, 6.45) is 4.84. The molecule has 30 heavy (non-hydrogen) atoms. The van der Waals surface area contributed by atoms with E-state index in [4.69, 9.17) is 14.2 Å². The second-order valence-electron chi connectivity index (χ2n) is 6.01. The maximum Gasteiger partial charge on any atom is 0.283 e. The Balaban J connectivity index is 1.89. The predicted molar refractivity (Wildman–Crippen MR) is 106 cm³/mol. The highest BCUT2D eigenvalue weighted by atomic mass is 32.2. The Morgan fingerprint density at radius 2 is 1.73 bits per heavy atom. The molecule has 3 rings (SSSR count). The Bertz CT molecular complexity index is 1120. The van der Waals surface area contributed by atoms with E-state index in [1.807, 2.05) is 4.72 Å². The normalized spacial score (nSPS) is 11.0. The minimum atomic E-state index is -4.31. The first-order chi connectivity index (χ1) is 14.4. The quantitative estimate of drug-likeness (QED) is 0.568. The largest absolute Gasteiger partial charge is 0.496 e. The molecule has 0 aliphatic rings. The number of pyridine rings is 1. The van der Waals surface area contributed by atoms with Gasteiger partial charge in [0.15, 0.2) is 4.90 Å². The van der Waals surface area contributed by atoms with Crippen molar-refractivity contribution in [2.75, 3.05) is 21.3 Å². The number of aromatic nitrogens is 3. The molecule has 0 unspecified atom stereocenters. The molecule has 1 N–H and O–H groups in total. The van der Waals surface area contributed by atoms with Crippen molar-refractivity contribution in [1.82, 2.24) is 19.5 Å². The van der Waals surface area contributed by atoms with Crippen molar-refractivity contribution in [3.63, 3.8) is 0 Å². The first-order valence-corrected chi connectivity index (χ1v) is 10.2. The van der Waals surface area contributed by atoms with Crippen molar-refractivity contribution in [3.8, 4) is 17.2 Å². The third-order valence-electron chi connectivity index (χ3n) is 4.17. The van der Waals surface area contributed by atoms with E-state index in [0.29, 0.717) is 17.9 Å². The van der Waals surface area contributed by atoms with Crippen LogP contribution in [0.4, 0.5) is 0 Å². The number of amides is 1. The molecule has 0 saturated carbocycles. The fourth-order valence-electron chi connectivity index (χ4n) is 2.77. The minimum Gasteiger partial charge on any atom is -0.496 e. The zero-order chi connectivity index (χ0) is 21.7. The number of hydrogen-bond donors (Lipinski definition) is 1. The van der Waals surface area contributed by atoms with Gasteiger partial charge in [-0.2, -0.15) is 5.10 Å². The van der Waals surface area contributed by atoms with Crippen LogP contribution in [0, 0.1) is 0 Å². The lowest BCUT2D eigenvalue weighted by Crippen LogP contribution is -2.31. The summed E-state index contributed by atoms with van der Waals surface area (Å²) in [5, 5.41) is 4.11. The van der Waals surface area contributed by atoms with Gasteiger partial charge in [0.25, 0.3) is 15.9 Å². The van der Waals surface area contributed by atoms with Crippen LogP contribution in [-0.2, 0) is 16.6 Å². The molecule has 0 aliphatic carbocycles. The zero-order valence-corrected chi connectivity index (χ0v) is 17.3. The number of carbonyl (C=O) groups excluding carboxylic acids is 1. The van der Waals surface area contributed by atoms with E-state index in [-0.39, 0.29) is 22.1 Å². The number of rotatable bonds is 8. The highest BCUT2D eigenvalue weighted by molar-refractivity contribution is 7.90. The lowest BCUT2D eigenvalue weighted by molar-refractivity contribution is 0.0976. The highest BCUT2D eigenvalue weighted by Gasteiger charge is 2.28. The van der Waals surface area contributed by atoms with E-state index in [0.717, 1.165) is 0 Å². The molecule has 158 valence electrons. The number of carbonyl (C=O) groups is 1. The molecule has 1 aromatic carbocycles. The summed E-state index contributed by atoms with van der Waals surface area (Å²) in [4.78, 5) is 16.4. The Kier molecular flexibility index (Phi) is 6.21. The molecule has 0 spiro atoms. The van der Waals surface area contributed by atoms with Gasteiger partial charge in [-0.25, -0.2) is 13.1 Å². The number of nitrogens with zero attached hydrogens (tertiary/aromatic N) is 3. The van der Waals surface area contributed by atoms with Crippen molar-refractivity contribution < 1.29 is 27.4 Å². The first-order valence-electron chi connectivity index (χ1n) is 8.68. The molecule has 0 atom stereocenters.